The Morgan fingerprint density at radius 2 is 1.09 bits per heavy atom. The maximum Gasteiger partial charge on any atom is 0.405 e. The van der Waals surface area contributed by atoms with E-state index in [2.05, 4.69) is 26.0 Å². The zero-order chi connectivity index (χ0) is 56.7. The van der Waals surface area contributed by atoms with Gasteiger partial charge in [0, 0.05) is 46.5 Å². The first kappa shape index (κ1) is 61.1. The number of nitrogens with two attached hydrogens (primary N) is 1. The Kier molecular flexibility index (Phi) is 21.5. The lowest BCUT2D eigenvalue weighted by molar-refractivity contribution is -0.134. The van der Waals surface area contributed by atoms with Crippen LogP contribution in [-0.2, 0) is 29.5 Å². The van der Waals surface area contributed by atoms with E-state index in [1.807, 2.05) is 36.4 Å². The minimum atomic E-state index is -4.36. The predicted molar refractivity (Wildman–Crippen MR) is 279 cm³/mol. The zero-order valence-electron chi connectivity index (χ0n) is 40.8. The fourth-order valence-electron chi connectivity index (χ4n) is 6.64. The van der Waals surface area contributed by atoms with Crippen molar-refractivity contribution in [2.45, 2.75) is 56.5 Å². The van der Waals surface area contributed by atoms with Crippen molar-refractivity contribution < 1.29 is 66.9 Å². The van der Waals surface area contributed by atoms with E-state index < -0.39 is 47.9 Å². The topological polar surface area (TPSA) is 168 Å². The number of benzene rings is 5. The molecule has 8 aromatic rings. The predicted octanol–water partition coefficient (Wildman–Crippen LogP) is 13.9. The summed E-state index contributed by atoms with van der Waals surface area (Å²) in [5.74, 6) is 2.29. The number of anilines is 1. The lowest BCUT2D eigenvalue weighted by atomic mass is 10.1. The number of methoxy groups -OCH3 is 2. The highest BCUT2D eigenvalue weighted by molar-refractivity contribution is 7.91. The van der Waals surface area contributed by atoms with Crippen LogP contribution in [-0.4, -0.2) is 75.0 Å². The van der Waals surface area contributed by atoms with Crippen molar-refractivity contribution in [1.29, 1.82) is 0 Å². The van der Waals surface area contributed by atoms with Gasteiger partial charge in [-0.3, -0.25) is 4.79 Å². The third-order valence-corrected chi connectivity index (χ3v) is 13.1. The van der Waals surface area contributed by atoms with Crippen LogP contribution in [0.15, 0.2) is 131 Å². The van der Waals surface area contributed by atoms with Gasteiger partial charge in [-0.15, -0.1) is 0 Å². The summed E-state index contributed by atoms with van der Waals surface area (Å²) in [7, 11) is -0.305. The van der Waals surface area contributed by atoms with Crippen molar-refractivity contribution in [2.75, 3.05) is 38.4 Å². The molecule has 0 aliphatic rings. The van der Waals surface area contributed by atoms with E-state index in [0.717, 1.165) is 22.6 Å². The van der Waals surface area contributed by atoms with Crippen LogP contribution in [0.2, 0.25) is 15.1 Å². The van der Waals surface area contributed by atoms with Crippen molar-refractivity contribution in [3.05, 3.63) is 163 Å². The maximum atomic E-state index is 12.5. The lowest BCUT2D eigenvalue weighted by Crippen LogP contribution is -2.21. The number of H-pyrrole nitrogens is 1. The van der Waals surface area contributed by atoms with Crippen LogP contribution < -0.4 is 35.4 Å². The van der Waals surface area contributed by atoms with Crippen molar-refractivity contribution in [2.24, 2.45) is 5.73 Å². The van der Waals surface area contributed by atoms with Gasteiger partial charge in [0.15, 0.2) is 20.3 Å². The third-order valence-electron chi connectivity index (χ3n) is 10.5. The zero-order valence-corrected chi connectivity index (χ0v) is 43.9. The molecular formula is C52H47Cl3F9N5O7S. The van der Waals surface area contributed by atoms with Crippen LogP contribution in [0.25, 0.3) is 32.7 Å². The summed E-state index contributed by atoms with van der Waals surface area (Å²) in [6, 6.07) is 34.0. The fourth-order valence-corrected chi connectivity index (χ4v) is 8.10. The smallest absolute Gasteiger partial charge is 0.405 e. The Balaban J connectivity index is 0.000000205. The fraction of sp³-hybridized carbons (Fsp3) is 0.250. The molecule has 0 aliphatic carbocycles. The summed E-state index contributed by atoms with van der Waals surface area (Å²) in [4.78, 5) is 22.9. The van der Waals surface area contributed by atoms with Gasteiger partial charge in [-0.05, 0) is 78.2 Å². The molecule has 8 rings (SSSR count). The summed E-state index contributed by atoms with van der Waals surface area (Å²) in [6.07, 6.45) is -14.0. The molecule has 412 valence electrons. The van der Waals surface area contributed by atoms with Gasteiger partial charge in [-0.1, -0.05) is 84.2 Å². The van der Waals surface area contributed by atoms with Gasteiger partial charge < -0.3 is 35.0 Å². The molecule has 5 aromatic carbocycles. The molecule has 3 heterocycles. The van der Waals surface area contributed by atoms with Gasteiger partial charge in [0.1, 0.15) is 48.6 Å². The lowest BCUT2D eigenvalue weighted by Gasteiger charge is -2.14. The third kappa shape index (κ3) is 18.8. The number of rotatable bonds is 14. The molecule has 0 atom stereocenters. The summed E-state index contributed by atoms with van der Waals surface area (Å²) in [5.41, 5.74) is 7.06. The number of hydrogen-bond acceptors (Lipinski definition) is 11. The minimum absolute atomic E-state index is 0.0367. The number of hydrogen-bond donors (Lipinski definition) is 3. The number of sulfone groups is 1. The molecule has 77 heavy (non-hydrogen) atoms. The first-order chi connectivity index (χ1) is 36.2. The van der Waals surface area contributed by atoms with Crippen LogP contribution in [0.3, 0.4) is 0 Å². The standard InChI is InChI=1S/C19H16ClF3N2O2.C19H18ClNO4S.C12H9ClF3NO.C2H4F3N/c1-26-13-7-5-12(6-8-13)10-27-16-9-17(24-11-19(21,22)23)25-18-14(16)3-2-4-15(18)20;1-3-26(22,23)18-11-17(15-5-4-6-16(20)19(15)21-18)25-12-13-7-9-14(24-2)10-8-13;13-9-3-1-2-8-10(18)6-7(17-11(8)9)4-5-12(14,15)16;3-2(4,5)1-6/h2-9H,10-11H2,1H3,(H,24,25);4-11H,3,12H2,1-2H3;1-3,6H,4-5H2,(H,17,18);1,6H2. The van der Waals surface area contributed by atoms with Crippen molar-refractivity contribution in [1.82, 2.24) is 15.0 Å². The van der Waals surface area contributed by atoms with E-state index in [1.54, 1.807) is 87.9 Å². The summed E-state index contributed by atoms with van der Waals surface area (Å²) < 4.78 is 152. The number of ether oxygens (including phenoxy) is 4. The first-order valence-electron chi connectivity index (χ1n) is 22.6. The van der Waals surface area contributed by atoms with Gasteiger partial charge in [0.25, 0.3) is 0 Å². The van der Waals surface area contributed by atoms with Crippen LogP contribution in [0, 0.1) is 0 Å². The van der Waals surface area contributed by atoms with E-state index in [0.29, 0.717) is 59.3 Å². The maximum absolute atomic E-state index is 12.5. The van der Waals surface area contributed by atoms with Crippen LogP contribution in [0.1, 0.15) is 30.2 Å². The average molecular weight is 1160 g/mol. The second-order valence-corrected chi connectivity index (χ2v) is 19.6. The van der Waals surface area contributed by atoms with Gasteiger partial charge in [0.2, 0.25) is 0 Å². The second kappa shape index (κ2) is 27.0. The molecule has 0 unspecified atom stereocenters. The number of halogens is 12. The van der Waals surface area contributed by atoms with Gasteiger partial charge in [-0.2, -0.15) is 39.5 Å². The van der Waals surface area contributed by atoms with Crippen molar-refractivity contribution in [3.63, 3.8) is 0 Å². The van der Waals surface area contributed by atoms with E-state index in [9.17, 15) is 52.7 Å². The normalized spacial score (nSPS) is 11.6. The van der Waals surface area contributed by atoms with E-state index in [4.69, 9.17) is 53.8 Å². The molecule has 0 aliphatic heterocycles. The summed E-state index contributed by atoms with van der Waals surface area (Å²) in [5, 5.41) is 4.92. The molecule has 12 nitrogen and oxygen atoms in total. The van der Waals surface area contributed by atoms with Gasteiger partial charge in [0.05, 0.1) is 58.1 Å². The summed E-state index contributed by atoms with van der Waals surface area (Å²) in [6.45, 7) is -0.345. The Bertz CT molecular complexity index is 3430. The number of nitrogens with zero attached hydrogens (tertiary/aromatic N) is 2. The van der Waals surface area contributed by atoms with E-state index in [1.165, 1.54) is 18.2 Å². The second-order valence-electron chi connectivity index (χ2n) is 16.1. The number of pyridine rings is 3. The molecule has 0 spiro atoms. The van der Waals surface area contributed by atoms with Crippen LogP contribution in [0.4, 0.5) is 45.3 Å². The quantitative estimate of drug-likeness (QED) is 0.0887. The molecular weight excluding hydrogens is 1120 g/mol. The molecule has 0 saturated carbocycles. The SMILES string of the molecule is CCS(=O)(=O)c1cc(OCc2ccc(OC)cc2)c2cccc(Cl)c2n1.COc1ccc(COc2cc(NCC(F)(F)F)nc3c(Cl)cccc23)cc1.NCC(F)(F)F.O=c1cc(CCC(F)(F)F)[nH]c2c(Cl)cccc12. The highest BCUT2D eigenvalue weighted by atomic mass is 35.5. The van der Waals surface area contributed by atoms with Crippen molar-refractivity contribution >= 4 is 83.2 Å². The highest BCUT2D eigenvalue weighted by Crippen LogP contribution is 2.35. The number of alkyl halides is 9. The number of aryl methyl sites for hydroxylation is 1. The first-order valence-corrected chi connectivity index (χ1v) is 25.4. The highest BCUT2D eigenvalue weighted by Gasteiger charge is 2.28. The number of aromatic nitrogens is 3. The molecule has 3 aromatic heterocycles. The largest absolute Gasteiger partial charge is 0.497 e. The molecule has 0 amide bonds. The van der Waals surface area contributed by atoms with Crippen LogP contribution >= 0.6 is 34.8 Å². The number of nitrogens with one attached hydrogen (secondary N) is 2. The molecule has 25 heteroatoms. The Morgan fingerprint density at radius 1 is 0.623 bits per heavy atom. The molecule has 0 saturated heterocycles. The molecule has 0 fully saturated rings. The van der Waals surface area contributed by atoms with Crippen LogP contribution in [0.5, 0.6) is 23.0 Å². The summed E-state index contributed by atoms with van der Waals surface area (Å²) >= 11 is 18.3. The number of para-hydroxylation sites is 3. The molecule has 4 N–H and O–H groups in total. The van der Waals surface area contributed by atoms with E-state index >= 15 is 0 Å². The van der Waals surface area contributed by atoms with E-state index in [-0.39, 0.29) is 47.4 Å². The Hall–Kier alpha value is -6.72. The Labute approximate surface area is 450 Å². The van der Waals surface area contributed by atoms with Crippen molar-refractivity contribution in [3.8, 4) is 23.0 Å². The monoisotopic (exact) mass is 1160 g/mol. The van der Waals surface area contributed by atoms with Gasteiger partial charge >= 0.3 is 18.5 Å². The minimum Gasteiger partial charge on any atom is -0.497 e. The molecule has 0 radical (unpaired) electrons. The molecule has 0 bridgehead atoms. The Morgan fingerprint density at radius 3 is 1.55 bits per heavy atom. The number of aromatic amines is 1. The average Bonchev–Trinajstić information content (AvgIpc) is 3.41. The van der Waals surface area contributed by atoms with Gasteiger partial charge in [-0.25, -0.2) is 18.4 Å². The number of fused-ring (bicyclic) bond motifs is 3.